The molecule has 1 aromatic carbocycles. The molecular weight excluding hydrogens is 400 g/mol. The molecule has 0 fully saturated rings. The number of ether oxygens (including phenoxy) is 1. The number of para-hydroxylation sites is 1. The Bertz CT molecular complexity index is 799. The van der Waals surface area contributed by atoms with Crippen LogP contribution in [-0.2, 0) is 16.2 Å². The van der Waals surface area contributed by atoms with Crippen LogP contribution in [0.1, 0.15) is 24.1 Å². The smallest absolute Gasteiger partial charge is 0.264 e. The highest BCUT2D eigenvalue weighted by atomic mass is 79.9. The van der Waals surface area contributed by atoms with Gasteiger partial charge in [0, 0.05) is 31.3 Å². The van der Waals surface area contributed by atoms with E-state index in [2.05, 4.69) is 31.5 Å². The number of halogens is 1. The Morgan fingerprint density at radius 2 is 2.27 bits per heavy atom. The molecule has 1 atom stereocenters. The molecule has 1 N–H and O–H groups in total. The lowest BCUT2D eigenvalue weighted by Crippen LogP contribution is -2.35. The summed E-state index contributed by atoms with van der Waals surface area (Å²) in [6.07, 6.45) is 2.55. The van der Waals surface area contributed by atoms with E-state index in [0.29, 0.717) is 13.0 Å². The number of rotatable bonds is 7. The van der Waals surface area contributed by atoms with Gasteiger partial charge in [0.15, 0.2) is 0 Å². The molecule has 8 heteroatoms. The third kappa shape index (κ3) is 4.24. The highest BCUT2D eigenvalue weighted by Gasteiger charge is 2.29. The summed E-state index contributed by atoms with van der Waals surface area (Å²) in [7, 11) is 1.61. The third-order valence-electron chi connectivity index (χ3n) is 4.13. The Morgan fingerprint density at radius 1 is 1.46 bits per heavy atom. The zero-order valence-electron chi connectivity index (χ0n) is 14.7. The highest BCUT2D eigenvalue weighted by Crippen LogP contribution is 2.24. The van der Waals surface area contributed by atoms with Crippen molar-refractivity contribution in [3.8, 4) is 5.75 Å². The van der Waals surface area contributed by atoms with Gasteiger partial charge in [0.25, 0.3) is 5.91 Å². The normalized spacial score (nSPS) is 16.1. The van der Waals surface area contributed by atoms with E-state index in [1.54, 1.807) is 7.11 Å². The molecule has 2 heterocycles. The largest absolute Gasteiger partial charge is 0.496 e. The predicted octanol–water partition coefficient (Wildman–Crippen LogP) is 2.66. The van der Waals surface area contributed by atoms with E-state index in [1.165, 1.54) is 0 Å². The van der Waals surface area contributed by atoms with Crippen molar-refractivity contribution in [1.29, 1.82) is 0 Å². The van der Waals surface area contributed by atoms with E-state index in [-0.39, 0.29) is 5.91 Å². The average molecular weight is 421 g/mol. The third-order valence-corrected chi connectivity index (χ3v) is 4.91. The van der Waals surface area contributed by atoms with Crippen molar-refractivity contribution in [2.24, 2.45) is 5.16 Å². The van der Waals surface area contributed by atoms with Crippen LogP contribution in [-0.4, -0.2) is 41.2 Å². The summed E-state index contributed by atoms with van der Waals surface area (Å²) in [6.45, 7) is 3.24. The maximum absolute atomic E-state index is 12.3. The minimum Gasteiger partial charge on any atom is -0.496 e. The van der Waals surface area contributed by atoms with Gasteiger partial charge in [-0.1, -0.05) is 17.3 Å². The second-order valence-corrected chi connectivity index (χ2v) is 6.86. The van der Waals surface area contributed by atoms with E-state index in [4.69, 9.17) is 9.57 Å². The molecule has 0 spiro atoms. The lowest BCUT2D eigenvalue weighted by Gasteiger charge is -2.10. The first kappa shape index (κ1) is 18.4. The summed E-state index contributed by atoms with van der Waals surface area (Å²) in [5.41, 5.74) is 2.53. The fourth-order valence-electron chi connectivity index (χ4n) is 2.73. The summed E-state index contributed by atoms with van der Waals surface area (Å²) in [5, 5.41) is 11.3. The summed E-state index contributed by atoms with van der Waals surface area (Å²) in [5.74, 6) is 0.563. The number of benzene rings is 1. The molecule has 138 valence electrons. The molecule has 1 aromatic heterocycles. The molecule has 0 saturated carbocycles. The first-order valence-corrected chi connectivity index (χ1v) is 9.21. The number of nitrogens with zero attached hydrogens (tertiary/aromatic N) is 3. The van der Waals surface area contributed by atoms with Gasteiger partial charge in [0.1, 0.15) is 5.75 Å². The second kappa shape index (κ2) is 8.35. The number of methoxy groups -OCH3 is 1. The second-order valence-electron chi connectivity index (χ2n) is 6.01. The first-order chi connectivity index (χ1) is 12.6. The number of nitrogens with one attached hydrogen (secondary N) is 1. The van der Waals surface area contributed by atoms with Crippen molar-refractivity contribution < 1.29 is 14.4 Å². The summed E-state index contributed by atoms with van der Waals surface area (Å²) in [6, 6.07) is 7.57. The van der Waals surface area contributed by atoms with Crippen molar-refractivity contribution in [2.75, 3.05) is 13.7 Å². The highest BCUT2D eigenvalue weighted by molar-refractivity contribution is 9.10. The Morgan fingerprint density at radius 3 is 3.00 bits per heavy atom. The lowest BCUT2D eigenvalue weighted by atomic mass is 10.0. The minimum atomic E-state index is -0.601. The lowest BCUT2D eigenvalue weighted by molar-refractivity contribution is -0.131. The molecule has 1 aliphatic heterocycles. The molecule has 0 saturated heterocycles. The van der Waals surface area contributed by atoms with E-state index in [1.807, 2.05) is 42.1 Å². The van der Waals surface area contributed by atoms with Crippen LogP contribution in [0.15, 0.2) is 40.1 Å². The number of oxime groups is 1. The maximum atomic E-state index is 12.3. The van der Waals surface area contributed by atoms with Crippen LogP contribution in [0.4, 0.5) is 0 Å². The molecule has 1 unspecified atom stereocenters. The van der Waals surface area contributed by atoms with Crippen molar-refractivity contribution in [3.63, 3.8) is 0 Å². The van der Waals surface area contributed by atoms with Gasteiger partial charge in [-0.25, -0.2) is 0 Å². The Labute approximate surface area is 160 Å². The van der Waals surface area contributed by atoms with Gasteiger partial charge < -0.3 is 14.9 Å². The number of amides is 1. The zero-order valence-corrected chi connectivity index (χ0v) is 16.3. The number of carbonyl (C=O) groups excluding carboxylic acids is 1. The van der Waals surface area contributed by atoms with Crippen molar-refractivity contribution >= 4 is 27.5 Å². The van der Waals surface area contributed by atoms with Crippen molar-refractivity contribution in [1.82, 2.24) is 15.1 Å². The summed E-state index contributed by atoms with van der Waals surface area (Å²) >= 11 is 3.44. The van der Waals surface area contributed by atoms with Gasteiger partial charge in [0.05, 0.1) is 23.0 Å². The summed E-state index contributed by atoms with van der Waals surface area (Å²) < 4.78 is 8.19. The number of aryl methyl sites for hydroxylation is 2. The van der Waals surface area contributed by atoms with E-state index < -0.39 is 6.10 Å². The summed E-state index contributed by atoms with van der Waals surface area (Å²) in [4.78, 5) is 17.6. The topological polar surface area (TPSA) is 77.7 Å². The van der Waals surface area contributed by atoms with Crippen molar-refractivity contribution in [2.45, 2.75) is 32.4 Å². The first-order valence-electron chi connectivity index (χ1n) is 8.42. The van der Waals surface area contributed by atoms with Crippen LogP contribution in [0, 0.1) is 6.92 Å². The minimum absolute atomic E-state index is 0.156. The molecule has 3 rings (SSSR count). The van der Waals surface area contributed by atoms with Gasteiger partial charge in [-0.15, -0.1) is 0 Å². The van der Waals surface area contributed by atoms with Gasteiger partial charge >= 0.3 is 0 Å². The number of carbonyl (C=O) groups is 1. The molecule has 7 nitrogen and oxygen atoms in total. The number of hydrogen-bond donors (Lipinski definition) is 1. The van der Waals surface area contributed by atoms with Gasteiger partial charge in [-0.3, -0.25) is 9.48 Å². The van der Waals surface area contributed by atoms with E-state index >= 15 is 0 Å². The molecule has 1 amide bonds. The van der Waals surface area contributed by atoms with Gasteiger partial charge in [-0.2, -0.15) is 5.10 Å². The van der Waals surface area contributed by atoms with Crippen LogP contribution in [0.5, 0.6) is 5.75 Å². The molecule has 0 radical (unpaired) electrons. The average Bonchev–Trinajstić information content (AvgIpc) is 3.26. The van der Waals surface area contributed by atoms with E-state index in [9.17, 15) is 4.79 Å². The van der Waals surface area contributed by atoms with Crippen LogP contribution in [0.25, 0.3) is 0 Å². The van der Waals surface area contributed by atoms with Gasteiger partial charge in [-0.05, 0) is 41.4 Å². The molecule has 2 aromatic rings. The van der Waals surface area contributed by atoms with E-state index in [0.717, 1.165) is 40.2 Å². The Hall–Kier alpha value is -2.35. The predicted molar refractivity (Wildman–Crippen MR) is 101 cm³/mol. The Kier molecular flexibility index (Phi) is 5.92. The molecular formula is C18H21BrN4O3. The fraction of sp³-hybridized carbons (Fsp3) is 0.389. The molecule has 26 heavy (non-hydrogen) atoms. The van der Waals surface area contributed by atoms with Crippen LogP contribution in [0.2, 0.25) is 0 Å². The quantitative estimate of drug-likeness (QED) is 0.698. The molecule has 0 aliphatic carbocycles. The van der Waals surface area contributed by atoms with Crippen LogP contribution >= 0.6 is 15.9 Å². The maximum Gasteiger partial charge on any atom is 0.264 e. The monoisotopic (exact) mass is 420 g/mol. The standard InChI is InChI=1S/C18H21BrN4O3/c1-12-14(19)11-23(21-12)9-5-8-20-18(24)17-10-15(22-26-17)13-6-3-4-7-16(13)25-2/h3-4,6-7,11,17H,5,8-10H2,1-2H3,(H,20,24). The molecule has 1 aliphatic rings. The molecule has 0 bridgehead atoms. The Balaban J connectivity index is 1.45. The SMILES string of the molecule is COc1ccccc1C1=NOC(C(=O)NCCCn2cc(Br)c(C)n2)C1. The van der Waals surface area contributed by atoms with Crippen LogP contribution in [0.3, 0.4) is 0 Å². The van der Waals surface area contributed by atoms with Crippen molar-refractivity contribution in [3.05, 3.63) is 46.2 Å². The number of hydrogen-bond acceptors (Lipinski definition) is 5. The van der Waals surface area contributed by atoms with Crippen LogP contribution < -0.4 is 10.1 Å². The zero-order chi connectivity index (χ0) is 18.5. The van der Waals surface area contributed by atoms with Gasteiger partial charge in [0.2, 0.25) is 6.10 Å². The number of aromatic nitrogens is 2. The fourth-order valence-corrected chi connectivity index (χ4v) is 3.05.